The Morgan fingerprint density at radius 3 is 2.68 bits per heavy atom. The molecule has 1 N–H and O–H groups in total. The Kier molecular flexibility index (Phi) is 7.04. The molecule has 3 rings (SSSR count). The number of nitrogens with one attached hydrogen (secondary N) is 1. The molecule has 0 aliphatic carbocycles. The largest absolute Gasteiger partial charge is 0.495 e. The number of nitro benzene ring substituents is 1. The van der Waals surface area contributed by atoms with E-state index in [-0.39, 0.29) is 23.0 Å². The molecule has 1 fully saturated rings. The molecule has 1 aliphatic heterocycles. The molecule has 1 amide bonds. The number of hydrogen-bond donors (Lipinski definition) is 1. The summed E-state index contributed by atoms with van der Waals surface area (Å²) in [6.45, 7) is 5.04. The van der Waals surface area contributed by atoms with Gasteiger partial charge in [-0.05, 0) is 49.3 Å². The molecule has 1 atom stereocenters. The minimum Gasteiger partial charge on any atom is -0.495 e. The summed E-state index contributed by atoms with van der Waals surface area (Å²) in [5, 5.41) is 14.1. The number of amides is 1. The summed E-state index contributed by atoms with van der Waals surface area (Å²) < 4.78 is 20.1. The van der Waals surface area contributed by atoms with E-state index in [4.69, 9.17) is 4.74 Å². The fraction of sp³-hybridized carbons (Fsp3) is 0.409. The van der Waals surface area contributed by atoms with Crippen molar-refractivity contribution in [1.29, 1.82) is 0 Å². The second-order valence-corrected chi connectivity index (χ2v) is 8.60. The number of thioether (sulfide) groups is 1. The quantitative estimate of drug-likeness (QED) is 0.350. The van der Waals surface area contributed by atoms with E-state index in [0.29, 0.717) is 22.3 Å². The van der Waals surface area contributed by atoms with E-state index < -0.39 is 16.6 Å². The summed E-state index contributed by atoms with van der Waals surface area (Å²) in [6.07, 6.45) is 3.82. The first-order chi connectivity index (χ1) is 14.8. The van der Waals surface area contributed by atoms with Crippen molar-refractivity contribution in [2.24, 2.45) is 5.92 Å². The van der Waals surface area contributed by atoms with Gasteiger partial charge in [-0.2, -0.15) is 0 Å². The molecule has 0 bridgehead atoms. The summed E-state index contributed by atoms with van der Waals surface area (Å²) in [7, 11) is 1.41. The maximum atomic E-state index is 14.9. The van der Waals surface area contributed by atoms with Crippen molar-refractivity contribution in [1.82, 2.24) is 0 Å². The Labute approximate surface area is 185 Å². The van der Waals surface area contributed by atoms with Crippen molar-refractivity contribution in [2.75, 3.05) is 30.1 Å². The number of rotatable bonds is 7. The first kappa shape index (κ1) is 22.9. The number of nitro groups is 1. The zero-order valence-corrected chi connectivity index (χ0v) is 18.8. The van der Waals surface area contributed by atoms with E-state index in [1.54, 1.807) is 18.4 Å². The second-order valence-electron chi connectivity index (χ2n) is 7.75. The lowest BCUT2D eigenvalue weighted by Gasteiger charge is -2.30. The van der Waals surface area contributed by atoms with Crippen LogP contribution in [-0.2, 0) is 0 Å². The highest BCUT2D eigenvalue weighted by Crippen LogP contribution is 2.36. The summed E-state index contributed by atoms with van der Waals surface area (Å²) in [5.74, 6) is -0.392. The standard InChI is InChI=1S/C22H26FN3O4S/c1-13(2)17-6-5-9-25(17)18-8-7-14(10-16(18)23)24-22(27)15-11-21(31-4)20(30-3)12-19(15)26(28)29/h7-8,10-13,17H,5-6,9H2,1-4H3,(H,24,27). The Morgan fingerprint density at radius 2 is 2.10 bits per heavy atom. The van der Waals surface area contributed by atoms with Gasteiger partial charge in [-0.3, -0.25) is 14.9 Å². The third kappa shape index (κ3) is 4.76. The maximum absolute atomic E-state index is 14.9. The Bertz CT molecular complexity index is 999. The van der Waals surface area contributed by atoms with Crippen LogP contribution in [0.1, 0.15) is 37.0 Å². The highest BCUT2D eigenvalue weighted by molar-refractivity contribution is 7.98. The molecule has 166 valence electrons. The zero-order valence-electron chi connectivity index (χ0n) is 18.0. The van der Waals surface area contributed by atoms with Crippen LogP contribution < -0.4 is 15.0 Å². The van der Waals surface area contributed by atoms with Gasteiger partial charge < -0.3 is 15.0 Å². The highest BCUT2D eigenvalue weighted by atomic mass is 32.2. The van der Waals surface area contributed by atoms with Crippen molar-refractivity contribution in [3.05, 3.63) is 51.8 Å². The minimum absolute atomic E-state index is 0.112. The summed E-state index contributed by atoms with van der Waals surface area (Å²) in [6, 6.07) is 7.46. The molecule has 0 spiro atoms. The van der Waals surface area contributed by atoms with Gasteiger partial charge in [0.05, 0.1) is 28.7 Å². The lowest BCUT2D eigenvalue weighted by molar-refractivity contribution is -0.385. The lowest BCUT2D eigenvalue weighted by atomic mass is 10.0. The van der Waals surface area contributed by atoms with Gasteiger partial charge in [-0.15, -0.1) is 11.8 Å². The molecule has 1 aliphatic rings. The van der Waals surface area contributed by atoms with Crippen LogP contribution in [0.2, 0.25) is 0 Å². The highest BCUT2D eigenvalue weighted by Gasteiger charge is 2.29. The van der Waals surface area contributed by atoms with E-state index in [0.717, 1.165) is 19.4 Å². The van der Waals surface area contributed by atoms with Crippen LogP contribution in [0, 0.1) is 21.8 Å². The van der Waals surface area contributed by atoms with E-state index in [2.05, 4.69) is 24.1 Å². The normalized spacial score (nSPS) is 15.9. The molecule has 0 saturated carbocycles. The van der Waals surface area contributed by atoms with Crippen molar-refractivity contribution in [3.63, 3.8) is 0 Å². The van der Waals surface area contributed by atoms with Crippen molar-refractivity contribution in [3.8, 4) is 5.75 Å². The van der Waals surface area contributed by atoms with E-state index in [1.807, 2.05) is 0 Å². The van der Waals surface area contributed by atoms with Crippen LogP contribution in [0.15, 0.2) is 35.2 Å². The monoisotopic (exact) mass is 447 g/mol. The zero-order chi connectivity index (χ0) is 22.7. The van der Waals surface area contributed by atoms with Gasteiger partial charge in [0.15, 0.2) is 0 Å². The lowest BCUT2D eigenvalue weighted by Crippen LogP contribution is -2.33. The molecule has 0 aromatic heterocycles. The van der Waals surface area contributed by atoms with Gasteiger partial charge in [0.25, 0.3) is 11.6 Å². The van der Waals surface area contributed by atoms with Gasteiger partial charge in [-0.1, -0.05) is 13.8 Å². The number of benzene rings is 2. The molecule has 1 unspecified atom stereocenters. The minimum atomic E-state index is -0.682. The number of carbonyl (C=O) groups excluding carboxylic acids is 1. The van der Waals surface area contributed by atoms with Crippen LogP contribution >= 0.6 is 11.8 Å². The molecular formula is C22H26FN3O4S. The third-order valence-electron chi connectivity index (χ3n) is 5.53. The topological polar surface area (TPSA) is 84.7 Å². The number of hydrogen-bond acceptors (Lipinski definition) is 6. The second kappa shape index (κ2) is 9.55. The van der Waals surface area contributed by atoms with Crippen LogP contribution in [0.3, 0.4) is 0 Å². The summed E-state index contributed by atoms with van der Waals surface area (Å²) in [5.41, 5.74) is 0.261. The van der Waals surface area contributed by atoms with E-state index in [1.165, 1.54) is 37.1 Å². The molecular weight excluding hydrogens is 421 g/mol. The first-order valence-electron chi connectivity index (χ1n) is 10.0. The number of nitrogens with zero attached hydrogens (tertiary/aromatic N) is 2. The molecule has 7 nitrogen and oxygen atoms in total. The summed E-state index contributed by atoms with van der Waals surface area (Å²) in [4.78, 5) is 26.3. The maximum Gasteiger partial charge on any atom is 0.285 e. The molecule has 2 aromatic carbocycles. The number of carbonyl (C=O) groups is 1. The van der Waals surface area contributed by atoms with Gasteiger partial charge in [0.2, 0.25) is 0 Å². The van der Waals surface area contributed by atoms with Crippen molar-refractivity contribution in [2.45, 2.75) is 37.6 Å². The summed E-state index contributed by atoms with van der Waals surface area (Å²) >= 11 is 1.31. The average Bonchev–Trinajstić information content (AvgIpc) is 3.22. The molecule has 2 aromatic rings. The average molecular weight is 448 g/mol. The number of ether oxygens (including phenoxy) is 1. The van der Waals surface area contributed by atoms with Crippen molar-refractivity contribution < 1.29 is 18.8 Å². The Balaban J connectivity index is 1.87. The van der Waals surface area contributed by atoms with Crippen LogP contribution in [-0.4, -0.2) is 36.8 Å². The van der Waals surface area contributed by atoms with Crippen LogP contribution in [0.5, 0.6) is 5.75 Å². The SMILES string of the molecule is COc1cc([N+](=O)[O-])c(C(=O)Nc2ccc(N3CCCC3C(C)C)c(F)c2)cc1SC. The number of methoxy groups -OCH3 is 1. The van der Waals surface area contributed by atoms with Crippen molar-refractivity contribution >= 4 is 34.7 Å². The van der Waals surface area contributed by atoms with Crippen LogP contribution in [0.25, 0.3) is 0 Å². The van der Waals surface area contributed by atoms with E-state index in [9.17, 15) is 19.3 Å². The molecule has 1 saturated heterocycles. The van der Waals surface area contributed by atoms with E-state index >= 15 is 0 Å². The Hall–Kier alpha value is -2.81. The number of anilines is 2. The number of halogens is 1. The molecule has 9 heteroatoms. The fourth-order valence-corrected chi connectivity index (χ4v) is 4.58. The molecule has 1 heterocycles. The van der Waals surface area contributed by atoms with Gasteiger partial charge in [0.1, 0.15) is 17.1 Å². The first-order valence-corrected chi connectivity index (χ1v) is 11.3. The fourth-order valence-electron chi connectivity index (χ4n) is 4.00. The Morgan fingerprint density at radius 1 is 1.35 bits per heavy atom. The molecule has 0 radical (unpaired) electrons. The third-order valence-corrected chi connectivity index (χ3v) is 6.29. The molecule has 31 heavy (non-hydrogen) atoms. The van der Waals surface area contributed by atoms with Gasteiger partial charge in [0, 0.05) is 18.3 Å². The van der Waals surface area contributed by atoms with Gasteiger partial charge >= 0.3 is 0 Å². The van der Waals surface area contributed by atoms with Gasteiger partial charge in [-0.25, -0.2) is 4.39 Å². The predicted octanol–water partition coefficient (Wildman–Crippen LogP) is 5.34. The smallest absolute Gasteiger partial charge is 0.285 e. The van der Waals surface area contributed by atoms with Crippen LogP contribution in [0.4, 0.5) is 21.5 Å². The predicted molar refractivity (Wildman–Crippen MR) is 121 cm³/mol.